The Bertz CT molecular complexity index is 334. The average Bonchev–Trinajstić information content (AvgIpc) is 2.32. The van der Waals surface area contributed by atoms with Crippen LogP contribution in [0, 0.1) is 0 Å². The van der Waals surface area contributed by atoms with Gasteiger partial charge in [-0.3, -0.25) is 0 Å². The molecule has 0 saturated carbocycles. The van der Waals surface area contributed by atoms with Crippen LogP contribution in [0.1, 0.15) is 6.42 Å². The first-order valence-corrected chi connectivity index (χ1v) is 6.55. The highest BCUT2D eigenvalue weighted by atomic mass is 79.9. The largest absolute Gasteiger partial charge is 0.490 e. The molecule has 0 aliphatic carbocycles. The Hall–Kier alpha value is -0.290. The van der Waals surface area contributed by atoms with E-state index in [-0.39, 0.29) is 0 Å². The smallest absolute Gasteiger partial charge is 0.139 e. The van der Waals surface area contributed by atoms with Crippen LogP contribution in [0.15, 0.2) is 22.7 Å². The number of ether oxygens (including phenoxy) is 3. The van der Waals surface area contributed by atoms with Crippen molar-refractivity contribution in [2.45, 2.75) is 6.42 Å². The lowest BCUT2D eigenvalue weighted by Gasteiger charge is -2.08. The molecule has 0 atom stereocenters. The highest BCUT2D eigenvalue weighted by Crippen LogP contribution is 2.27. The molecular formula is C12H16BrClO3. The average molecular weight is 324 g/mol. The minimum Gasteiger partial charge on any atom is -0.490 e. The third-order valence-electron chi connectivity index (χ3n) is 2.02. The van der Waals surface area contributed by atoms with Gasteiger partial charge in [0.05, 0.1) is 11.6 Å². The zero-order valence-corrected chi connectivity index (χ0v) is 12.1. The van der Waals surface area contributed by atoms with E-state index in [9.17, 15) is 0 Å². The van der Waals surface area contributed by atoms with Crippen molar-refractivity contribution in [1.82, 2.24) is 0 Å². The Morgan fingerprint density at radius 3 is 2.76 bits per heavy atom. The van der Waals surface area contributed by atoms with Gasteiger partial charge >= 0.3 is 0 Å². The predicted molar refractivity (Wildman–Crippen MR) is 72.0 cm³/mol. The molecule has 0 aromatic heterocycles. The standard InChI is InChI=1S/C12H16BrClO3/c1-15-5-2-6-16-7-8-17-12-9-10(13)3-4-11(12)14/h3-4,9H,2,5-8H2,1H3. The van der Waals surface area contributed by atoms with Crippen LogP contribution >= 0.6 is 27.5 Å². The summed E-state index contributed by atoms with van der Waals surface area (Å²) >= 11 is 9.34. The molecule has 1 rings (SSSR count). The highest BCUT2D eigenvalue weighted by Gasteiger charge is 2.01. The Balaban J connectivity index is 2.15. The first kappa shape index (κ1) is 14.8. The molecule has 17 heavy (non-hydrogen) atoms. The Morgan fingerprint density at radius 2 is 2.00 bits per heavy atom. The van der Waals surface area contributed by atoms with Crippen molar-refractivity contribution in [1.29, 1.82) is 0 Å². The predicted octanol–water partition coefficient (Wildman–Crippen LogP) is 3.53. The van der Waals surface area contributed by atoms with Gasteiger partial charge in [0.2, 0.25) is 0 Å². The van der Waals surface area contributed by atoms with Crippen molar-refractivity contribution in [3.63, 3.8) is 0 Å². The summed E-state index contributed by atoms with van der Waals surface area (Å²) in [7, 11) is 1.68. The molecule has 0 amide bonds. The van der Waals surface area contributed by atoms with Crippen LogP contribution in [0.25, 0.3) is 0 Å². The van der Waals surface area contributed by atoms with Gasteiger partial charge in [-0.1, -0.05) is 27.5 Å². The van der Waals surface area contributed by atoms with Gasteiger partial charge in [-0.2, -0.15) is 0 Å². The molecular weight excluding hydrogens is 307 g/mol. The zero-order valence-electron chi connectivity index (χ0n) is 9.75. The van der Waals surface area contributed by atoms with Gasteiger partial charge in [-0.05, 0) is 24.6 Å². The van der Waals surface area contributed by atoms with E-state index in [0.717, 1.165) is 17.5 Å². The molecule has 1 aromatic carbocycles. The van der Waals surface area contributed by atoms with Crippen molar-refractivity contribution in [2.24, 2.45) is 0 Å². The first-order valence-electron chi connectivity index (χ1n) is 5.38. The van der Waals surface area contributed by atoms with Crippen LogP contribution in [-0.4, -0.2) is 33.5 Å². The lowest BCUT2D eigenvalue weighted by atomic mass is 10.3. The van der Waals surface area contributed by atoms with E-state index in [1.165, 1.54) is 0 Å². The van der Waals surface area contributed by atoms with E-state index >= 15 is 0 Å². The molecule has 0 saturated heterocycles. The Morgan fingerprint density at radius 1 is 1.18 bits per heavy atom. The maximum atomic E-state index is 5.97. The van der Waals surface area contributed by atoms with Crippen LogP contribution in [0.4, 0.5) is 0 Å². The SMILES string of the molecule is COCCCOCCOc1cc(Br)ccc1Cl. The second-order valence-corrected chi connectivity index (χ2v) is 4.70. The van der Waals surface area contributed by atoms with E-state index in [1.807, 2.05) is 12.1 Å². The van der Waals surface area contributed by atoms with E-state index in [0.29, 0.717) is 30.6 Å². The van der Waals surface area contributed by atoms with Crippen molar-refractivity contribution in [3.8, 4) is 5.75 Å². The summed E-state index contributed by atoms with van der Waals surface area (Å²) in [5.74, 6) is 0.668. The van der Waals surface area contributed by atoms with Crippen LogP contribution in [0.2, 0.25) is 5.02 Å². The lowest BCUT2D eigenvalue weighted by molar-refractivity contribution is 0.0806. The summed E-state index contributed by atoms with van der Waals surface area (Å²) in [6.07, 6.45) is 0.897. The number of benzene rings is 1. The quantitative estimate of drug-likeness (QED) is 0.685. The summed E-state index contributed by atoms with van der Waals surface area (Å²) in [6, 6.07) is 5.50. The van der Waals surface area contributed by atoms with E-state index < -0.39 is 0 Å². The summed E-state index contributed by atoms with van der Waals surface area (Å²) in [6.45, 7) is 2.44. The lowest BCUT2D eigenvalue weighted by Crippen LogP contribution is -2.08. The summed E-state index contributed by atoms with van der Waals surface area (Å²) in [4.78, 5) is 0. The maximum Gasteiger partial charge on any atom is 0.139 e. The molecule has 0 fully saturated rings. The topological polar surface area (TPSA) is 27.7 Å². The van der Waals surface area contributed by atoms with Gasteiger partial charge in [-0.25, -0.2) is 0 Å². The van der Waals surface area contributed by atoms with Crippen molar-refractivity contribution in [2.75, 3.05) is 33.5 Å². The van der Waals surface area contributed by atoms with Crippen LogP contribution < -0.4 is 4.74 Å². The number of halogens is 2. The summed E-state index contributed by atoms with van der Waals surface area (Å²) < 4.78 is 16.7. The monoisotopic (exact) mass is 322 g/mol. The minimum atomic E-state index is 0.489. The van der Waals surface area contributed by atoms with Crippen molar-refractivity contribution < 1.29 is 14.2 Å². The van der Waals surface area contributed by atoms with Gasteiger partial charge < -0.3 is 14.2 Å². The summed E-state index contributed by atoms with van der Waals surface area (Å²) in [5, 5.41) is 0.604. The molecule has 0 spiro atoms. The third kappa shape index (κ3) is 6.27. The van der Waals surface area contributed by atoms with Crippen molar-refractivity contribution in [3.05, 3.63) is 27.7 Å². The van der Waals surface area contributed by atoms with Gasteiger partial charge in [-0.15, -0.1) is 0 Å². The maximum absolute atomic E-state index is 5.97. The normalized spacial score (nSPS) is 10.5. The highest BCUT2D eigenvalue weighted by molar-refractivity contribution is 9.10. The number of hydrogen-bond donors (Lipinski definition) is 0. The summed E-state index contributed by atoms with van der Waals surface area (Å²) in [5.41, 5.74) is 0. The second-order valence-electron chi connectivity index (χ2n) is 3.38. The fraction of sp³-hybridized carbons (Fsp3) is 0.500. The number of methoxy groups -OCH3 is 1. The molecule has 0 aliphatic rings. The zero-order chi connectivity index (χ0) is 12.5. The number of rotatable bonds is 8. The molecule has 3 nitrogen and oxygen atoms in total. The van der Waals surface area contributed by atoms with E-state index in [1.54, 1.807) is 13.2 Å². The first-order chi connectivity index (χ1) is 8.24. The molecule has 0 aliphatic heterocycles. The molecule has 0 unspecified atom stereocenters. The van der Waals surface area contributed by atoms with Crippen LogP contribution in [0.5, 0.6) is 5.75 Å². The Kier molecular flexibility index (Phi) is 7.60. The number of hydrogen-bond acceptors (Lipinski definition) is 3. The van der Waals surface area contributed by atoms with Gasteiger partial charge in [0.15, 0.2) is 0 Å². The molecule has 1 aromatic rings. The van der Waals surface area contributed by atoms with Gasteiger partial charge in [0.1, 0.15) is 12.4 Å². The molecule has 0 bridgehead atoms. The second kappa shape index (κ2) is 8.75. The van der Waals surface area contributed by atoms with Crippen LogP contribution in [0.3, 0.4) is 0 Å². The fourth-order valence-corrected chi connectivity index (χ4v) is 1.72. The van der Waals surface area contributed by atoms with Crippen molar-refractivity contribution >= 4 is 27.5 Å². The minimum absolute atomic E-state index is 0.489. The molecule has 0 radical (unpaired) electrons. The molecule has 96 valence electrons. The molecule has 0 N–H and O–H groups in total. The third-order valence-corrected chi connectivity index (χ3v) is 2.82. The van der Waals surface area contributed by atoms with E-state index in [4.69, 9.17) is 25.8 Å². The van der Waals surface area contributed by atoms with E-state index in [2.05, 4.69) is 15.9 Å². The van der Waals surface area contributed by atoms with Crippen LogP contribution in [-0.2, 0) is 9.47 Å². The Labute approximate surface area is 115 Å². The van der Waals surface area contributed by atoms with Gasteiger partial charge in [0.25, 0.3) is 0 Å². The fourth-order valence-electron chi connectivity index (χ4n) is 1.21. The molecule has 5 heteroatoms. The van der Waals surface area contributed by atoms with Gasteiger partial charge in [0, 0.05) is 24.8 Å². The molecule has 0 heterocycles.